The molecule has 9 nitrogen and oxygen atoms in total. The van der Waals surface area contributed by atoms with Gasteiger partial charge in [0.05, 0.1) is 19.9 Å². The average Bonchev–Trinajstić information content (AvgIpc) is 3.13. The fraction of sp³-hybridized carbons (Fsp3) is 0.184. The molecule has 0 bridgehead atoms. The molecule has 4 aromatic carbocycles. The highest BCUT2D eigenvalue weighted by atomic mass is 16.5. The first-order valence-corrected chi connectivity index (χ1v) is 15.4. The van der Waals surface area contributed by atoms with E-state index in [1.807, 2.05) is 78.9 Å². The van der Waals surface area contributed by atoms with Gasteiger partial charge < -0.3 is 19.7 Å². The molecule has 1 atom stereocenters. The van der Waals surface area contributed by atoms with Gasteiger partial charge in [-0.2, -0.15) is 0 Å². The highest BCUT2D eigenvalue weighted by Gasteiger charge is 2.23. The van der Waals surface area contributed by atoms with Crippen molar-refractivity contribution < 1.29 is 23.9 Å². The fourth-order valence-electron chi connectivity index (χ4n) is 5.11. The Labute approximate surface area is 274 Å². The van der Waals surface area contributed by atoms with Crippen LogP contribution >= 0.6 is 0 Å². The van der Waals surface area contributed by atoms with Gasteiger partial charge in [-0.3, -0.25) is 14.6 Å². The quantitative estimate of drug-likeness (QED) is 0.0852. The summed E-state index contributed by atoms with van der Waals surface area (Å²) in [7, 11) is 1.34. The molecule has 0 radical (unpaired) electrons. The van der Waals surface area contributed by atoms with Crippen LogP contribution in [-0.4, -0.2) is 58.8 Å². The molecule has 0 saturated carbocycles. The summed E-state index contributed by atoms with van der Waals surface area (Å²) in [4.78, 5) is 49.1. The lowest BCUT2D eigenvalue weighted by Gasteiger charge is -2.22. The van der Waals surface area contributed by atoms with Crippen LogP contribution in [-0.2, 0) is 22.5 Å². The molecule has 1 aromatic heterocycles. The van der Waals surface area contributed by atoms with Crippen molar-refractivity contribution in [3.8, 4) is 5.75 Å². The smallest absolute Gasteiger partial charge is 0.328 e. The maximum atomic E-state index is 13.2. The summed E-state index contributed by atoms with van der Waals surface area (Å²) in [6.07, 6.45) is 5.46. The van der Waals surface area contributed by atoms with Gasteiger partial charge in [-0.15, -0.1) is 0 Å². The van der Waals surface area contributed by atoms with Crippen LogP contribution in [0.25, 0.3) is 0 Å². The zero-order valence-electron chi connectivity index (χ0n) is 26.1. The number of ether oxygens (including phenoxy) is 2. The average molecular weight is 629 g/mol. The van der Waals surface area contributed by atoms with Gasteiger partial charge in [0.1, 0.15) is 17.5 Å². The normalized spacial score (nSPS) is 11.3. The summed E-state index contributed by atoms with van der Waals surface area (Å²) in [5, 5.41) is 3.24. The maximum absolute atomic E-state index is 13.2. The minimum atomic E-state index is -0.723. The minimum absolute atomic E-state index is 0.139. The van der Waals surface area contributed by atoms with Gasteiger partial charge in [0.15, 0.2) is 5.78 Å². The third kappa shape index (κ3) is 9.11. The van der Waals surface area contributed by atoms with E-state index in [0.717, 1.165) is 11.1 Å². The molecule has 1 heterocycles. The van der Waals surface area contributed by atoms with E-state index in [4.69, 9.17) is 9.47 Å². The number of hydrogen-bond acceptors (Lipinski definition) is 8. The summed E-state index contributed by atoms with van der Waals surface area (Å²) < 4.78 is 11.1. The van der Waals surface area contributed by atoms with Crippen LogP contribution < -0.4 is 10.1 Å². The lowest BCUT2D eigenvalue weighted by atomic mass is 10.00. The summed E-state index contributed by atoms with van der Waals surface area (Å²) in [5.41, 5.74) is 3.79. The molecule has 0 spiro atoms. The topological polar surface area (TPSA) is 111 Å². The Morgan fingerprint density at radius 3 is 2.21 bits per heavy atom. The second-order valence-electron chi connectivity index (χ2n) is 10.8. The summed E-state index contributed by atoms with van der Waals surface area (Å²) in [6.45, 7) is 1.32. The molecule has 47 heavy (non-hydrogen) atoms. The number of nitrogens with one attached hydrogen (secondary N) is 1. The lowest BCUT2D eigenvalue weighted by Crippen LogP contribution is -2.33. The number of ketones is 1. The number of rotatable bonds is 15. The van der Waals surface area contributed by atoms with Crippen molar-refractivity contribution >= 4 is 23.3 Å². The van der Waals surface area contributed by atoms with E-state index in [2.05, 4.69) is 15.3 Å². The Balaban J connectivity index is 1.18. The number of nitrogens with zero attached hydrogens (tertiary/aromatic N) is 3. The maximum Gasteiger partial charge on any atom is 0.328 e. The molecule has 0 fully saturated rings. The predicted octanol–water partition coefficient (Wildman–Crippen LogP) is 6.02. The summed E-state index contributed by atoms with van der Waals surface area (Å²) in [5.74, 6) is -0.0967. The van der Waals surface area contributed by atoms with Crippen LogP contribution in [0.3, 0.4) is 0 Å². The molecule has 0 aliphatic rings. The highest BCUT2D eigenvalue weighted by Crippen LogP contribution is 2.22. The number of benzene rings is 4. The van der Waals surface area contributed by atoms with E-state index in [-0.39, 0.29) is 11.7 Å². The van der Waals surface area contributed by atoms with Crippen molar-refractivity contribution in [2.24, 2.45) is 0 Å². The number of hydrogen-bond donors (Lipinski definition) is 1. The van der Waals surface area contributed by atoms with Crippen LogP contribution in [0.1, 0.15) is 44.0 Å². The Kier molecular flexibility index (Phi) is 11.4. The van der Waals surface area contributed by atoms with Crippen molar-refractivity contribution in [2.45, 2.75) is 25.4 Å². The third-order valence-corrected chi connectivity index (χ3v) is 7.51. The highest BCUT2D eigenvalue weighted by molar-refractivity contribution is 6.12. The molecule has 1 amide bonds. The Bertz CT molecular complexity index is 1750. The van der Waals surface area contributed by atoms with Gasteiger partial charge in [0, 0.05) is 48.7 Å². The molecule has 5 rings (SSSR count). The van der Waals surface area contributed by atoms with Crippen LogP contribution in [0.15, 0.2) is 128 Å². The predicted molar refractivity (Wildman–Crippen MR) is 179 cm³/mol. The van der Waals surface area contributed by atoms with Gasteiger partial charge in [-0.1, -0.05) is 84.9 Å². The Morgan fingerprint density at radius 2 is 1.51 bits per heavy atom. The van der Waals surface area contributed by atoms with Crippen molar-refractivity contribution in [1.82, 2.24) is 14.9 Å². The van der Waals surface area contributed by atoms with Gasteiger partial charge in [-0.05, 0) is 41.8 Å². The standard InChI is InChI=1S/C38H36N4O5/c1-46-38(45)34(41-33-16-9-8-15-32(33)36(43)30-13-6-3-7-14-30)25-28-17-19-31(20-18-28)47-24-10-23-42(27-29-11-4-2-5-12-29)37(44)35-26-39-21-22-40-35/h2-9,11-22,26,34,41H,10,23-25,27H2,1H3. The van der Waals surface area contributed by atoms with E-state index in [1.165, 1.54) is 25.7 Å². The third-order valence-electron chi connectivity index (χ3n) is 7.51. The second kappa shape index (κ2) is 16.5. The number of para-hydroxylation sites is 1. The number of esters is 1. The monoisotopic (exact) mass is 628 g/mol. The van der Waals surface area contributed by atoms with Gasteiger partial charge in [0.25, 0.3) is 5.91 Å². The number of anilines is 1. The molecule has 5 aromatic rings. The molecular formula is C38H36N4O5. The fourth-order valence-corrected chi connectivity index (χ4v) is 5.11. The summed E-state index contributed by atoms with van der Waals surface area (Å²) in [6, 6.07) is 32.7. The van der Waals surface area contributed by atoms with E-state index < -0.39 is 12.0 Å². The van der Waals surface area contributed by atoms with Crippen LogP contribution in [0.5, 0.6) is 5.75 Å². The van der Waals surface area contributed by atoms with Crippen molar-refractivity contribution in [3.63, 3.8) is 0 Å². The Hall–Kier alpha value is -5.83. The largest absolute Gasteiger partial charge is 0.494 e. The van der Waals surface area contributed by atoms with Gasteiger partial charge in [-0.25, -0.2) is 9.78 Å². The zero-order valence-corrected chi connectivity index (χ0v) is 26.1. The lowest BCUT2D eigenvalue weighted by molar-refractivity contribution is -0.141. The van der Waals surface area contributed by atoms with Gasteiger partial charge >= 0.3 is 5.97 Å². The van der Waals surface area contributed by atoms with E-state index >= 15 is 0 Å². The Morgan fingerprint density at radius 1 is 0.809 bits per heavy atom. The number of methoxy groups -OCH3 is 1. The molecule has 238 valence electrons. The molecule has 1 unspecified atom stereocenters. The number of amides is 1. The van der Waals surface area contributed by atoms with Crippen molar-refractivity contribution in [3.05, 3.63) is 156 Å². The first kappa shape index (κ1) is 32.6. The molecule has 9 heteroatoms. The number of aromatic nitrogens is 2. The van der Waals surface area contributed by atoms with Crippen LogP contribution in [0, 0.1) is 0 Å². The second-order valence-corrected chi connectivity index (χ2v) is 10.8. The molecule has 0 saturated heterocycles. The first-order valence-electron chi connectivity index (χ1n) is 15.4. The van der Waals surface area contributed by atoms with Gasteiger partial charge in [0.2, 0.25) is 0 Å². The minimum Gasteiger partial charge on any atom is -0.494 e. The van der Waals surface area contributed by atoms with E-state index in [9.17, 15) is 14.4 Å². The van der Waals surface area contributed by atoms with E-state index in [0.29, 0.717) is 60.8 Å². The molecule has 0 aliphatic carbocycles. The zero-order chi connectivity index (χ0) is 32.8. The van der Waals surface area contributed by atoms with Crippen LogP contribution in [0.4, 0.5) is 5.69 Å². The van der Waals surface area contributed by atoms with Crippen LogP contribution in [0.2, 0.25) is 0 Å². The number of carbonyl (C=O) groups excluding carboxylic acids is 3. The number of carbonyl (C=O) groups is 3. The molecule has 0 aliphatic heterocycles. The molecular weight excluding hydrogens is 592 g/mol. The first-order chi connectivity index (χ1) is 23.0. The van der Waals surface area contributed by atoms with E-state index in [1.54, 1.807) is 35.2 Å². The van der Waals surface area contributed by atoms with Crippen molar-refractivity contribution in [2.75, 3.05) is 25.6 Å². The molecule has 1 N–H and O–H groups in total. The van der Waals surface area contributed by atoms with Crippen molar-refractivity contribution in [1.29, 1.82) is 0 Å². The SMILES string of the molecule is COC(=O)C(Cc1ccc(OCCCN(Cc2ccccc2)C(=O)c2cnccn2)cc1)Nc1ccccc1C(=O)c1ccccc1. The summed E-state index contributed by atoms with van der Waals surface area (Å²) >= 11 is 0.